The number of carbonyl (C=O) groups is 1. The average molecular weight is 349 g/mol. The summed E-state index contributed by atoms with van der Waals surface area (Å²) in [5.74, 6) is -0.344. The third kappa shape index (κ3) is 2.74. The Labute approximate surface area is 122 Å². The van der Waals surface area contributed by atoms with Gasteiger partial charge in [-0.2, -0.15) is 12.6 Å². The van der Waals surface area contributed by atoms with Gasteiger partial charge in [-0.15, -0.1) is 0 Å². The van der Waals surface area contributed by atoms with E-state index in [1.54, 1.807) is 0 Å². The Morgan fingerprint density at radius 2 is 2.26 bits per heavy atom. The molecule has 1 aliphatic heterocycles. The van der Waals surface area contributed by atoms with Gasteiger partial charge in [0.1, 0.15) is 11.5 Å². The molecule has 0 saturated carbocycles. The molecule has 19 heavy (non-hydrogen) atoms. The summed E-state index contributed by atoms with van der Waals surface area (Å²) in [6, 6.07) is 2.09. The Morgan fingerprint density at radius 3 is 2.79 bits per heavy atom. The van der Waals surface area contributed by atoms with Crippen molar-refractivity contribution < 1.29 is 14.1 Å². The fourth-order valence-corrected chi connectivity index (χ4v) is 2.60. The zero-order valence-electron chi connectivity index (χ0n) is 9.68. The summed E-state index contributed by atoms with van der Waals surface area (Å²) >= 11 is 7.02. The lowest BCUT2D eigenvalue weighted by Gasteiger charge is -2.16. The molecule has 0 aliphatic carbocycles. The number of benzene rings is 1. The van der Waals surface area contributed by atoms with E-state index in [9.17, 15) is 19.3 Å². The number of carbonyl (C=O) groups excluding carboxylic acids is 1. The molecular weight excluding hydrogens is 339 g/mol. The first kappa shape index (κ1) is 14.3. The molecule has 1 aliphatic rings. The molecule has 0 spiro atoms. The monoisotopic (exact) mass is 348 g/mol. The van der Waals surface area contributed by atoms with E-state index in [-0.39, 0.29) is 34.1 Å². The highest BCUT2D eigenvalue weighted by molar-refractivity contribution is 9.10. The number of halogens is 2. The zero-order valence-corrected chi connectivity index (χ0v) is 12.2. The lowest BCUT2D eigenvalue weighted by Crippen LogP contribution is -2.25. The Kier molecular flexibility index (Phi) is 4.10. The SMILES string of the molecule is O=C1CC(CS)CN1c1cc(F)c(Br)cc1[N+](=O)[O-]. The molecule has 2 rings (SSSR count). The highest BCUT2D eigenvalue weighted by Gasteiger charge is 2.34. The fraction of sp³-hybridized carbons (Fsp3) is 0.364. The predicted octanol–water partition coefficient (Wildman–Crippen LogP) is 2.78. The van der Waals surface area contributed by atoms with E-state index in [0.717, 1.165) is 12.1 Å². The second-order valence-corrected chi connectivity index (χ2v) is 5.49. The van der Waals surface area contributed by atoms with Gasteiger partial charge in [0, 0.05) is 25.1 Å². The first-order chi connectivity index (χ1) is 8.93. The number of thiol groups is 1. The van der Waals surface area contributed by atoms with Gasteiger partial charge in [0.2, 0.25) is 5.91 Å². The van der Waals surface area contributed by atoms with Crippen LogP contribution < -0.4 is 4.90 Å². The minimum Gasteiger partial charge on any atom is -0.306 e. The molecule has 1 fully saturated rings. The second kappa shape index (κ2) is 5.46. The van der Waals surface area contributed by atoms with Crippen LogP contribution in [0.25, 0.3) is 0 Å². The van der Waals surface area contributed by atoms with Crippen molar-refractivity contribution >= 4 is 45.8 Å². The van der Waals surface area contributed by atoms with Gasteiger partial charge in [-0.05, 0) is 27.6 Å². The zero-order chi connectivity index (χ0) is 14.2. The number of nitro groups is 1. The summed E-state index contributed by atoms with van der Waals surface area (Å²) in [6.07, 6.45) is 0.276. The van der Waals surface area contributed by atoms with Crippen LogP contribution in [0.4, 0.5) is 15.8 Å². The number of rotatable bonds is 3. The van der Waals surface area contributed by atoms with Gasteiger partial charge in [-0.25, -0.2) is 4.39 Å². The Morgan fingerprint density at radius 1 is 1.58 bits per heavy atom. The molecule has 5 nitrogen and oxygen atoms in total. The van der Waals surface area contributed by atoms with Gasteiger partial charge in [0.15, 0.2) is 0 Å². The van der Waals surface area contributed by atoms with E-state index < -0.39 is 10.7 Å². The van der Waals surface area contributed by atoms with Gasteiger partial charge in [-0.3, -0.25) is 14.9 Å². The maximum absolute atomic E-state index is 13.6. The molecule has 0 radical (unpaired) electrons. The summed E-state index contributed by atoms with van der Waals surface area (Å²) < 4.78 is 13.6. The molecule has 1 heterocycles. The van der Waals surface area contributed by atoms with Crippen molar-refractivity contribution in [2.75, 3.05) is 17.2 Å². The molecule has 0 aromatic heterocycles. The van der Waals surface area contributed by atoms with Crippen molar-refractivity contribution in [2.24, 2.45) is 5.92 Å². The third-order valence-electron chi connectivity index (χ3n) is 2.97. The van der Waals surface area contributed by atoms with Crippen LogP contribution in [0.1, 0.15) is 6.42 Å². The molecule has 8 heteroatoms. The number of nitrogens with zero attached hydrogens (tertiary/aromatic N) is 2. The summed E-state index contributed by atoms with van der Waals surface area (Å²) in [5.41, 5.74) is -0.290. The van der Waals surface area contributed by atoms with Gasteiger partial charge in [-0.1, -0.05) is 0 Å². The highest BCUT2D eigenvalue weighted by Crippen LogP contribution is 2.36. The lowest BCUT2D eigenvalue weighted by molar-refractivity contribution is -0.384. The molecule has 1 saturated heterocycles. The molecule has 1 aromatic rings. The largest absolute Gasteiger partial charge is 0.306 e. The number of hydrogen-bond donors (Lipinski definition) is 1. The van der Waals surface area contributed by atoms with E-state index in [4.69, 9.17) is 0 Å². The smallest absolute Gasteiger partial charge is 0.294 e. The predicted molar refractivity (Wildman–Crippen MR) is 75.1 cm³/mol. The van der Waals surface area contributed by atoms with Crippen LogP contribution in [0.15, 0.2) is 16.6 Å². The Balaban J connectivity index is 2.47. The number of anilines is 1. The quantitative estimate of drug-likeness (QED) is 0.519. The summed E-state index contributed by atoms with van der Waals surface area (Å²) in [4.78, 5) is 23.5. The molecule has 1 amide bonds. The van der Waals surface area contributed by atoms with E-state index in [1.807, 2.05) is 0 Å². The molecule has 1 unspecified atom stereocenters. The standard InChI is InChI=1S/C11H10BrFN2O3S/c12-7-2-10(15(17)18)9(3-8(7)13)14-4-6(5-19)1-11(14)16/h2-3,6,19H,1,4-5H2. The highest BCUT2D eigenvalue weighted by atomic mass is 79.9. The number of nitro benzene ring substituents is 1. The Bertz CT molecular complexity index is 555. The van der Waals surface area contributed by atoms with Crippen molar-refractivity contribution in [3.63, 3.8) is 0 Å². The molecule has 102 valence electrons. The second-order valence-electron chi connectivity index (χ2n) is 4.27. The topological polar surface area (TPSA) is 63.5 Å². The van der Waals surface area contributed by atoms with E-state index >= 15 is 0 Å². The van der Waals surface area contributed by atoms with Crippen molar-refractivity contribution in [2.45, 2.75) is 6.42 Å². The van der Waals surface area contributed by atoms with E-state index in [0.29, 0.717) is 12.3 Å². The summed E-state index contributed by atoms with van der Waals surface area (Å²) in [7, 11) is 0. The maximum Gasteiger partial charge on any atom is 0.294 e. The molecule has 0 bridgehead atoms. The Hall–Kier alpha value is -1.15. The third-order valence-corrected chi connectivity index (χ3v) is 4.09. The first-order valence-corrected chi connectivity index (χ1v) is 6.91. The van der Waals surface area contributed by atoms with Gasteiger partial charge < -0.3 is 4.90 Å². The molecule has 1 aromatic carbocycles. The lowest BCUT2D eigenvalue weighted by atomic mass is 10.1. The van der Waals surface area contributed by atoms with Crippen molar-refractivity contribution in [3.8, 4) is 0 Å². The van der Waals surface area contributed by atoms with Crippen LogP contribution in [-0.2, 0) is 4.79 Å². The van der Waals surface area contributed by atoms with Gasteiger partial charge in [0.25, 0.3) is 5.69 Å². The number of amides is 1. The minimum absolute atomic E-state index is 0.0000154. The molecule has 1 atom stereocenters. The van der Waals surface area contributed by atoms with Crippen LogP contribution >= 0.6 is 28.6 Å². The minimum atomic E-state index is -0.636. The average Bonchev–Trinajstić information content (AvgIpc) is 2.73. The van der Waals surface area contributed by atoms with Crippen LogP contribution in [-0.4, -0.2) is 23.1 Å². The summed E-state index contributed by atoms with van der Waals surface area (Å²) in [5, 5.41) is 11.0. The summed E-state index contributed by atoms with van der Waals surface area (Å²) in [6.45, 7) is 0.324. The van der Waals surface area contributed by atoms with Crippen LogP contribution in [0.3, 0.4) is 0 Å². The van der Waals surface area contributed by atoms with E-state index in [2.05, 4.69) is 28.6 Å². The van der Waals surface area contributed by atoms with E-state index in [1.165, 1.54) is 4.90 Å². The molecule has 0 N–H and O–H groups in total. The first-order valence-electron chi connectivity index (χ1n) is 5.48. The molecular formula is C11H10BrFN2O3S. The van der Waals surface area contributed by atoms with Crippen molar-refractivity contribution in [3.05, 3.63) is 32.5 Å². The fourth-order valence-electron chi connectivity index (χ4n) is 2.02. The maximum atomic E-state index is 13.6. The van der Waals surface area contributed by atoms with Gasteiger partial charge in [0.05, 0.1) is 9.40 Å². The van der Waals surface area contributed by atoms with Crippen LogP contribution in [0, 0.1) is 21.8 Å². The van der Waals surface area contributed by atoms with Crippen LogP contribution in [0.5, 0.6) is 0 Å². The normalized spacial score (nSPS) is 19.0. The van der Waals surface area contributed by atoms with Crippen molar-refractivity contribution in [1.82, 2.24) is 0 Å². The van der Waals surface area contributed by atoms with Gasteiger partial charge >= 0.3 is 0 Å². The number of hydrogen-bond acceptors (Lipinski definition) is 4. The van der Waals surface area contributed by atoms with Crippen LogP contribution in [0.2, 0.25) is 0 Å². The van der Waals surface area contributed by atoms with Crippen molar-refractivity contribution in [1.29, 1.82) is 0 Å².